The van der Waals surface area contributed by atoms with Gasteiger partial charge in [0.2, 0.25) is 29.5 Å². The van der Waals surface area contributed by atoms with E-state index in [1.165, 1.54) is 6.92 Å². The normalized spacial score (nSPS) is 14.6. The fraction of sp³-hybridized carbons (Fsp3) is 0.714. The maximum absolute atomic E-state index is 12.9. The first-order valence-corrected chi connectivity index (χ1v) is 10.8. The zero-order valence-corrected chi connectivity index (χ0v) is 19.8. The molecule has 0 aromatic carbocycles. The van der Waals surface area contributed by atoms with E-state index in [9.17, 15) is 33.9 Å². The first-order valence-electron chi connectivity index (χ1n) is 10.8. The molecule has 0 unspecified atom stereocenters. The molecule has 0 spiro atoms. The summed E-state index contributed by atoms with van der Waals surface area (Å²) in [6.45, 7) is 8.67. The summed E-state index contributed by atoms with van der Waals surface area (Å²) in [6, 6.07) is -3.72. The van der Waals surface area contributed by atoms with E-state index in [0.717, 1.165) is 0 Å². The second-order valence-corrected chi connectivity index (χ2v) is 9.02. The summed E-state index contributed by atoms with van der Waals surface area (Å²) in [7, 11) is 0. The van der Waals surface area contributed by atoms with Gasteiger partial charge in [0.15, 0.2) is 0 Å². The number of carbonyl (C=O) groups is 6. The van der Waals surface area contributed by atoms with Crippen molar-refractivity contribution in [2.45, 2.75) is 78.4 Å². The maximum atomic E-state index is 12.9. The van der Waals surface area contributed by atoms with Gasteiger partial charge in [0.25, 0.3) is 0 Å². The number of nitrogens with one attached hydrogen (secondary N) is 3. The summed E-state index contributed by atoms with van der Waals surface area (Å²) in [4.78, 5) is 71.9. The van der Waals surface area contributed by atoms with Gasteiger partial charge in [-0.1, -0.05) is 34.6 Å². The molecule has 0 saturated heterocycles. The predicted molar refractivity (Wildman–Crippen MR) is 119 cm³/mol. The van der Waals surface area contributed by atoms with Crippen LogP contribution in [0.2, 0.25) is 0 Å². The van der Waals surface area contributed by atoms with Gasteiger partial charge >= 0.3 is 5.97 Å². The number of primary amides is 2. The van der Waals surface area contributed by atoms with Gasteiger partial charge in [-0.25, -0.2) is 4.79 Å². The first-order chi connectivity index (χ1) is 15.1. The minimum Gasteiger partial charge on any atom is -0.480 e. The van der Waals surface area contributed by atoms with Crippen LogP contribution < -0.4 is 27.4 Å². The molecule has 0 aromatic heterocycles. The molecule has 0 heterocycles. The smallest absolute Gasteiger partial charge is 0.326 e. The van der Waals surface area contributed by atoms with E-state index in [2.05, 4.69) is 16.0 Å². The lowest BCUT2D eigenvalue weighted by molar-refractivity contribution is -0.143. The Hall–Kier alpha value is -3.18. The number of carbonyl (C=O) groups excluding carboxylic acids is 5. The molecule has 8 N–H and O–H groups in total. The number of carboxylic acids is 1. The Morgan fingerprint density at radius 1 is 0.636 bits per heavy atom. The molecule has 0 aliphatic carbocycles. The summed E-state index contributed by atoms with van der Waals surface area (Å²) in [5, 5.41) is 16.6. The van der Waals surface area contributed by atoms with Crippen LogP contribution in [0.1, 0.15) is 60.3 Å². The van der Waals surface area contributed by atoms with Gasteiger partial charge in [0.05, 0.1) is 6.42 Å². The molecule has 188 valence electrons. The fourth-order valence-corrected chi connectivity index (χ4v) is 3.06. The van der Waals surface area contributed by atoms with Crippen LogP contribution in [0.15, 0.2) is 0 Å². The highest BCUT2D eigenvalue weighted by Crippen LogP contribution is 2.10. The summed E-state index contributed by atoms with van der Waals surface area (Å²) in [5.41, 5.74) is 10.3. The molecule has 0 saturated carbocycles. The zero-order valence-electron chi connectivity index (χ0n) is 19.8. The van der Waals surface area contributed by atoms with Crippen molar-refractivity contribution in [3.8, 4) is 0 Å². The van der Waals surface area contributed by atoms with Crippen molar-refractivity contribution in [1.29, 1.82) is 0 Å². The van der Waals surface area contributed by atoms with Crippen molar-refractivity contribution in [2.24, 2.45) is 29.2 Å². The van der Waals surface area contributed by atoms with Gasteiger partial charge in [-0.15, -0.1) is 0 Å². The molecule has 4 atom stereocenters. The highest BCUT2D eigenvalue weighted by atomic mass is 16.4. The average molecular weight is 472 g/mol. The molecular formula is C21H37N5O7. The third-order valence-electron chi connectivity index (χ3n) is 4.66. The van der Waals surface area contributed by atoms with Crippen LogP contribution in [0.4, 0.5) is 0 Å². The number of nitrogens with two attached hydrogens (primary N) is 2. The largest absolute Gasteiger partial charge is 0.480 e. The number of hydrogen-bond donors (Lipinski definition) is 6. The Balaban J connectivity index is 5.54. The summed E-state index contributed by atoms with van der Waals surface area (Å²) in [5.74, 6) is -5.86. The van der Waals surface area contributed by atoms with Crippen LogP contribution in [-0.4, -0.2) is 58.7 Å². The van der Waals surface area contributed by atoms with Crippen LogP contribution in [-0.2, 0) is 28.8 Å². The lowest BCUT2D eigenvalue weighted by atomic mass is 10.00. The monoisotopic (exact) mass is 471 g/mol. The summed E-state index contributed by atoms with van der Waals surface area (Å²) < 4.78 is 0. The second-order valence-electron chi connectivity index (χ2n) is 9.02. The molecule has 0 radical (unpaired) electrons. The Morgan fingerprint density at radius 2 is 1.03 bits per heavy atom. The standard InChI is InChI=1S/C21H37N5O7/c1-10(2)6-13(24-18(29)12(5)8-16(22)27)19(30)25-14(9-17(23)28)20(31)26-15(21(32)33)7-11(3)4/h10-15H,6-9H2,1-5H3,(H2,22,27)(H2,23,28)(H,24,29)(H,25,30)(H,26,31)(H,32,33)/t12-,13-,14-,15-/m0/s1. The lowest BCUT2D eigenvalue weighted by Crippen LogP contribution is -2.57. The van der Waals surface area contributed by atoms with E-state index in [0.29, 0.717) is 0 Å². The van der Waals surface area contributed by atoms with Gasteiger partial charge in [0, 0.05) is 12.3 Å². The summed E-state index contributed by atoms with van der Waals surface area (Å²) in [6.07, 6.45) is -0.425. The van der Waals surface area contributed by atoms with Crippen molar-refractivity contribution >= 4 is 35.5 Å². The average Bonchev–Trinajstić information content (AvgIpc) is 2.64. The Kier molecular flexibility index (Phi) is 12.7. The molecule has 12 nitrogen and oxygen atoms in total. The molecule has 0 bridgehead atoms. The highest BCUT2D eigenvalue weighted by molar-refractivity contribution is 5.96. The van der Waals surface area contributed by atoms with E-state index in [1.807, 2.05) is 13.8 Å². The number of aliphatic carboxylic acids is 1. The van der Waals surface area contributed by atoms with E-state index in [4.69, 9.17) is 11.5 Å². The van der Waals surface area contributed by atoms with Crippen molar-refractivity contribution in [1.82, 2.24) is 16.0 Å². The molecule has 0 aliphatic heterocycles. The van der Waals surface area contributed by atoms with E-state index >= 15 is 0 Å². The van der Waals surface area contributed by atoms with E-state index < -0.39 is 66.0 Å². The minimum absolute atomic E-state index is 0.0293. The van der Waals surface area contributed by atoms with Crippen LogP contribution in [0.25, 0.3) is 0 Å². The van der Waals surface area contributed by atoms with Crippen LogP contribution in [0, 0.1) is 17.8 Å². The molecule has 0 rings (SSSR count). The van der Waals surface area contributed by atoms with Crippen LogP contribution in [0.5, 0.6) is 0 Å². The second kappa shape index (κ2) is 14.1. The molecular weight excluding hydrogens is 434 g/mol. The lowest BCUT2D eigenvalue weighted by Gasteiger charge is -2.25. The molecule has 0 aliphatic rings. The fourth-order valence-electron chi connectivity index (χ4n) is 3.06. The van der Waals surface area contributed by atoms with Gasteiger partial charge in [0.1, 0.15) is 18.1 Å². The number of amides is 5. The van der Waals surface area contributed by atoms with E-state index in [1.54, 1.807) is 13.8 Å². The number of rotatable bonds is 15. The van der Waals surface area contributed by atoms with Gasteiger partial charge in [-0.3, -0.25) is 24.0 Å². The minimum atomic E-state index is -1.43. The molecule has 5 amide bonds. The Morgan fingerprint density at radius 3 is 1.45 bits per heavy atom. The number of hydrogen-bond acceptors (Lipinski definition) is 6. The third-order valence-corrected chi connectivity index (χ3v) is 4.66. The quantitative estimate of drug-likeness (QED) is 0.175. The topological polar surface area (TPSA) is 211 Å². The van der Waals surface area contributed by atoms with Crippen molar-refractivity contribution in [3.05, 3.63) is 0 Å². The zero-order chi connectivity index (χ0) is 25.9. The third kappa shape index (κ3) is 12.4. The van der Waals surface area contributed by atoms with E-state index in [-0.39, 0.29) is 31.1 Å². The Bertz CT molecular complexity index is 739. The molecule has 33 heavy (non-hydrogen) atoms. The van der Waals surface area contributed by atoms with Crippen LogP contribution in [0.3, 0.4) is 0 Å². The SMILES string of the molecule is CC(C)C[C@H](NC(=O)[C@H](CC(N)=O)NC(=O)[C@H](CC(C)C)NC(=O)[C@@H](C)CC(N)=O)C(=O)O. The molecule has 0 aromatic rings. The Labute approximate surface area is 193 Å². The molecule has 0 fully saturated rings. The first kappa shape index (κ1) is 29.8. The highest BCUT2D eigenvalue weighted by Gasteiger charge is 2.31. The van der Waals surface area contributed by atoms with Crippen molar-refractivity contribution in [2.75, 3.05) is 0 Å². The van der Waals surface area contributed by atoms with Crippen molar-refractivity contribution < 1.29 is 33.9 Å². The predicted octanol–water partition coefficient (Wildman–Crippen LogP) is -0.995. The van der Waals surface area contributed by atoms with Crippen LogP contribution >= 0.6 is 0 Å². The summed E-state index contributed by atoms with van der Waals surface area (Å²) >= 11 is 0. The maximum Gasteiger partial charge on any atom is 0.326 e. The van der Waals surface area contributed by atoms with Gasteiger partial charge in [-0.05, 0) is 24.7 Å². The van der Waals surface area contributed by atoms with Crippen molar-refractivity contribution in [3.63, 3.8) is 0 Å². The number of carboxylic acid groups (broad SMARTS) is 1. The molecule has 12 heteroatoms. The van der Waals surface area contributed by atoms with Gasteiger partial charge < -0.3 is 32.5 Å². The van der Waals surface area contributed by atoms with Gasteiger partial charge in [-0.2, -0.15) is 0 Å².